The fraction of sp³-hybridized carbons (Fsp3) is 0.143. The third-order valence-corrected chi connectivity index (χ3v) is 6.53. The molecule has 0 fully saturated rings. The predicted molar refractivity (Wildman–Crippen MR) is 110 cm³/mol. The highest BCUT2D eigenvalue weighted by Crippen LogP contribution is 2.17. The number of hydrogen-bond donors (Lipinski definition) is 2. The summed E-state index contributed by atoms with van der Waals surface area (Å²) in [5, 5.41) is 8.70. The van der Waals surface area contributed by atoms with Crippen LogP contribution in [-0.2, 0) is 14.8 Å². The number of carbonyl (C=O) groups is 1. The Kier molecular flexibility index (Phi) is 6.32. The molecular weight excluding hydrogens is 404 g/mol. The zero-order valence-corrected chi connectivity index (χ0v) is 17.2. The number of imidazole rings is 1. The quantitative estimate of drug-likeness (QED) is 0.369. The van der Waals surface area contributed by atoms with Gasteiger partial charge in [-0.1, -0.05) is 11.8 Å². The van der Waals surface area contributed by atoms with Gasteiger partial charge in [-0.2, -0.15) is 4.31 Å². The Morgan fingerprint density at radius 1 is 1.10 bits per heavy atom. The first-order chi connectivity index (χ1) is 14.3. The summed E-state index contributed by atoms with van der Waals surface area (Å²) < 4.78 is 28.0. The smallest absolute Gasteiger partial charge is 0.261 e. The molecule has 3 rings (SSSR count). The molecule has 0 spiro atoms. The van der Waals surface area contributed by atoms with Gasteiger partial charge in [-0.3, -0.25) is 10.0 Å². The maximum atomic E-state index is 12.6. The lowest BCUT2D eigenvalue weighted by molar-refractivity contribution is -0.132. The van der Waals surface area contributed by atoms with Crippen LogP contribution in [0.5, 0.6) is 0 Å². The minimum absolute atomic E-state index is 0.0258. The van der Waals surface area contributed by atoms with Crippen LogP contribution in [0, 0.1) is 11.8 Å². The second-order valence-electron chi connectivity index (χ2n) is 6.46. The van der Waals surface area contributed by atoms with Crippen molar-refractivity contribution in [3.63, 3.8) is 0 Å². The number of amides is 1. The first-order valence-corrected chi connectivity index (χ1v) is 10.4. The van der Waals surface area contributed by atoms with Gasteiger partial charge in [-0.25, -0.2) is 18.9 Å². The summed E-state index contributed by atoms with van der Waals surface area (Å²) in [7, 11) is -2.62. The van der Waals surface area contributed by atoms with Gasteiger partial charge in [0.1, 0.15) is 6.04 Å². The standard InChI is InChI=1S/C21H20N4O4S/c1-16(21(26)23-27)24(2)30(28,29)20-11-7-18(8-12-20)4-3-17-5-9-19(10-6-17)25-14-13-22-15-25/h5-16,27H,1-2H3,(H,23,26)/t16-/m1/s1. The molecule has 8 nitrogen and oxygen atoms in total. The number of rotatable bonds is 5. The van der Waals surface area contributed by atoms with Crippen LogP contribution in [0.25, 0.3) is 5.69 Å². The fourth-order valence-electron chi connectivity index (χ4n) is 2.62. The molecule has 3 aromatic rings. The molecule has 0 saturated carbocycles. The molecule has 0 aliphatic carbocycles. The lowest BCUT2D eigenvalue weighted by atomic mass is 10.1. The van der Waals surface area contributed by atoms with Gasteiger partial charge in [-0.05, 0) is 55.5 Å². The molecule has 1 amide bonds. The number of benzene rings is 2. The van der Waals surface area contributed by atoms with Gasteiger partial charge in [0.25, 0.3) is 5.91 Å². The monoisotopic (exact) mass is 424 g/mol. The second-order valence-corrected chi connectivity index (χ2v) is 8.46. The molecule has 2 aromatic carbocycles. The average Bonchev–Trinajstić information content (AvgIpc) is 3.31. The SMILES string of the molecule is C[C@H](C(=O)NO)N(C)S(=O)(=O)c1ccc(C#Cc2ccc(-n3ccnc3)cc2)cc1. The molecular formula is C21H20N4O4S. The van der Waals surface area contributed by atoms with Crippen LogP contribution >= 0.6 is 0 Å². The number of nitrogens with one attached hydrogen (secondary N) is 1. The Hall–Kier alpha value is -3.45. The molecule has 0 aliphatic heterocycles. The van der Waals surface area contributed by atoms with Crippen molar-refractivity contribution >= 4 is 15.9 Å². The van der Waals surface area contributed by atoms with Crippen molar-refractivity contribution in [2.24, 2.45) is 0 Å². The van der Waals surface area contributed by atoms with Crippen molar-refractivity contribution in [3.05, 3.63) is 78.4 Å². The molecule has 0 aliphatic rings. The van der Waals surface area contributed by atoms with Crippen molar-refractivity contribution in [2.45, 2.75) is 17.9 Å². The summed E-state index contributed by atoms with van der Waals surface area (Å²) >= 11 is 0. The van der Waals surface area contributed by atoms with Crippen molar-refractivity contribution < 1.29 is 18.4 Å². The van der Waals surface area contributed by atoms with Crippen molar-refractivity contribution in [1.82, 2.24) is 19.3 Å². The molecule has 1 heterocycles. The van der Waals surface area contributed by atoms with E-state index < -0.39 is 22.0 Å². The summed E-state index contributed by atoms with van der Waals surface area (Å²) in [6.45, 7) is 1.38. The van der Waals surface area contributed by atoms with Gasteiger partial charge < -0.3 is 4.57 Å². The van der Waals surface area contributed by atoms with Crippen LogP contribution in [0.15, 0.2) is 72.1 Å². The minimum atomic E-state index is -3.90. The highest BCUT2D eigenvalue weighted by atomic mass is 32.2. The van der Waals surface area contributed by atoms with E-state index in [-0.39, 0.29) is 4.90 Å². The second kappa shape index (κ2) is 8.92. The summed E-state index contributed by atoms with van der Waals surface area (Å²) in [4.78, 5) is 15.5. The normalized spacial score (nSPS) is 12.1. The number of nitrogens with zero attached hydrogens (tertiary/aromatic N) is 3. The van der Waals surface area contributed by atoms with E-state index in [0.29, 0.717) is 5.56 Å². The summed E-state index contributed by atoms with van der Waals surface area (Å²) in [6, 6.07) is 12.7. The molecule has 1 aromatic heterocycles. The topological polar surface area (TPSA) is 105 Å². The molecule has 0 radical (unpaired) electrons. The average molecular weight is 424 g/mol. The molecule has 9 heteroatoms. The van der Waals surface area contributed by atoms with Gasteiger partial charge in [0.05, 0.1) is 11.2 Å². The number of hydroxylamine groups is 1. The van der Waals surface area contributed by atoms with Gasteiger partial charge in [0, 0.05) is 36.3 Å². The summed E-state index contributed by atoms with van der Waals surface area (Å²) in [6.07, 6.45) is 5.27. The Balaban J connectivity index is 1.74. The van der Waals surface area contributed by atoms with Gasteiger partial charge in [-0.15, -0.1) is 0 Å². The van der Waals surface area contributed by atoms with E-state index in [1.54, 1.807) is 24.7 Å². The largest absolute Gasteiger partial charge is 0.306 e. The highest BCUT2D eigenvalue weighted by Gasteiger charge is 2.29. The van der Waals surface area contributed by atoms with Crippen LogP contribution in [0.2, 0.25) is 0 Å². The highest BCUT2D eigenvalue weighted by molar-refractivity contribution is 7.89. The van der Waals surface area contributed by atoms with E-state index in [9.17, 15) is 13.2 Å². The molecule has 154 valence electrons. The number of sulfonamides is 1. The third-order valence-electron chi connectivity index (χ3n) is 4.59. The summed E-state index contributed by atoms with van der Waals surface area (Å²) in [5.74, 6) is 5.22. The zero-order valence-electron chi connectivity index (χ0n) is 16.4. The number of hydrogen-bond acceptors (Lipinski definition) is 5. The lowest BCUT2D eigenvalue weighted by Crippen LogP contribution is -2.44. The maximum absolute atomic E-state index is 12.6. The van der Waals surface area contributed by atoms with Gasteiger partial charge in [0.2, 0.25) is 10.0 Å². The molecule has 30 heavy (non-hydrogen) atoms. The van der Waals surface area contributed by atoms with Gasteiger partial charge in [0.15, 0.2) is 0 Å². The molecule has 1 atom stereocenters. The molecule has 2 N–H and O–H groups in total. The van der Waals surface area contributed by atoms with E-state index in [2.05, 4.69) is 16.8 Å². The van der Waals surface area contributed by atoms with Crippen molar-refractivity contribution in [2.75, 3.05) is 7.05 Å². The Labute approximate surface area is 174 Å². The van der Waals surface area contributed by atoms with Crippen LogP contribution in [-0.4, -0.2) is 46.5 Å². The van der Waals surface area contributed by atoms with E-state index in [0.717, 1.165) is 15.6 Å². The summed E-state index contributed by atoms with van der Waals surface area (Å²) in [5.41, 5.74) is 3.90. The van der Waals surface area contributed by atoms with Crippen molar-refractivity contribution in [1.29, 1.82) is 0 Å². The van der Waals surface area contributed by atoms with Crippen LogP contribution in [0.3, 0.4) is 0 Å². The van der Waals surface area contributed by atoms with E-state index >= 15 is 0 Å². The zero-order chi connectivity index (χ0) is 21.7. The molecule has 0 saturated heterocycles. The lowest BCUT2D eigenvalue weighted by Gasteiger charge is -2.22. The first kappa shape index (κ1) is 21.3. The van der Waals surface area contributed by atoms with Crippen molar-refractivity contribution in [3.8, 4) is 17.5 Å². The van der Waals surface area contributed by atoms with Crippen LogP contribution < -0.4 is 5.48 Å². The van der Waals surface area contributed by atoms with E-state index in [1.807, 2.05) is 35.0 Å². The van der Waals surface area contributed by atoms with E-state index in [4.69, 9.17) is 5.21 Å². The predicted octanol–water partition coefficient (Wildman–Crippen LogP) is 1.79. The Morgan fingerprint density at radius 3 is 2.17 bits per heavy atom. The Bertz CT molecular complexity index is 1180. The first-order valence-electron chi connectivity index (χ1n) is 8.95. The van der Waals surface area contributed by atoms with E-state index in [1.165, 1.54) is 31.6 Å². The Morgan fingerprint density at radius 2 is 1.67 bits per heavy atom. The number of likely N-dealkylation sites (N-methyl/N-ethyl adjacent to an activating group) is 1. The molecule has 0 bridgehead atoms. The van der Waals surface area contributed by atoms with Crippen LogP contribution in [0.4, 0.5) is 0 Å². The maximum Gasteiger partial charge on any atom is 0.261 e. The number of aromatic nitrogens is 2. The fourth-order valence-corrected chi connectivity index (χ4v) is 3.94. The molecule has 0 unspecified atom stereocenters. The third kappa shape index (κ3) is 4.58. The van der Waals surface area contributed by atoms with Gasteiger partial charge >= 0.3 is 0 Å². The number of carbonyl (C=O) groups excluding carboxylic acids is 1. The minimum Gasteiger partial charge on any atom is -0.306 e. The van der Waals surface area contributed by atoms with Crippen LogP contribution in [0.1, 0.15) is 18.1 Å².